The van der Waals surface area contributed by atoms with Gasteiger partial charge < -0.3 is 10.2 Å². The summed E-state index contributed by atoms with van der Waals surface area (Å²) in [5.74, 6) is -1.08. The van der Waals surface area contributed by atoms with Crippen molar-refractivity contribution in [2.24, 2.45) is 0 Å². The van der Waals surface area contributed by atoms with E-state index in [1.54, 1.807) is 29.2 Å². The number of nitrogens with one attached hydrogen (secondary N) is 1. The summed E-state index contributed by atoms with van der Waals surface area (Å²) in [4.78, 5) is 52.0. The van der Waals surface area contributed by atoms with Gasteiger partial charge in [0.25, 0.3) is 11.8 Å². The van der Waals surface area contributed by atoms with Crippen LogP contribution in [0.5, 0.6) is 0 Å². The third kappa shape index (κ3) is 3.63. The van der Waals surface area contributed by atoms with E-state index in [2.05, 4.69) is 5.32 Å². The zero-order chi connectivity index (χ0) is 20.4. The third-order valence-electron chi connectivity index (χ3n) is 5.29. The van der Waals surface area contributed by atoms with Crippen molar-refractivity contribution in [1.82, 2.24) is 10.2 Å². The van der Waals surface area contributed by atoms with Gasteiger partial charge in [-0.05, 0) is 36.6 Å². The number of fused-ring (bicyclic) bond motifs is 2. The topological polar surface area (TPSA) is 86.8 Å². The lowest BCUT2D eigenvalue weighted by molar-refractivity contribution is -0.125. The highest BCUT2D eigenvalue weighted by Crippen LogP contribution is 2.27. The van der Waals surface area contributed by atoms with Crippen molar-refractivity contribution >= 4 is 29.3 Å². The number of hydrogen-bond donors (Lipinski definition) is 1. The quantitative estimate of drug-likeness (QED) is 0.761. The van der Waals surface area contributed by atoms with Crippen LogP contribution in [0.15, 0.2) is 48.5 Å². The maximum atomic E-state index is 12.4. The van der Waals surface area contributed by atoms with E-state index in [1.807, 2.05) is 24.3 Å². The van der Waals surface area contributed by atoms with Crippen LogP contribution < -0.4 is 10.2 Å². The van der Waals surface area contributed by atoms with Crippen LogP contribution >= 0.6 is 0 Å². The van der Waals surface area contributed by atoms with Crippen LogP contribution in [-0.4, -0.2) is 48.2 Å². The molecule has 0 unspecified atom stereocenters. The van der Waals surface area contributed by atoms with Crippen LogP contribution in [0.2, 0.25) is 0 Å². The van der Waals surface area contributed by atoms with Gasteiger partial charge in [-0.15, -0.1) is 0 Å². The SMILES string of the molecule is O=C(CCCN1C(=O)c2ccccc2C1=O)NCC(=O)N1CCc2ccccc21. The second kappa shape index (κ2) is 7.87. The Labute approximate surface area is 168 Å². The lowest BCUT2D eigenvalue weighted by Crippen LogP contribution is -2.39. The predicted molar refractivity (Wildman–Crippen MR) is 107 cm³/mol. The van der Waals surface area contributed by atoms with Gasteiger partial charge in [-0.1, -0.05) is 30.3 Å². The lowest BCUT2D eigenvalue weighted by atomic mass is 10.1. The Morgan fingerprint density at radius 3 is 2.31 bits per heavy atom. The Morgan fingerprint density at radius 1 is 0.931 bits per heavy atom. The van der Waals surface area contributed by atoms with Gasteiger partial charge >= 0.3 is 0 Å². The van der Waals surface area contributed by atoms with Crippen LogP contribution in [0.3, 0.4) is 0 Å². The number of amides is 4. The first-order valence-corrected chi connectivity index (χ1v) is 9.66. The number of rotatable bonds is 6. The molecule has 0 spiro atoms. The fourth-order valence-corrected chi connectivity index (χ4v) is 3.80. The Balaban J connectivity index is 1.23. The molecule has 0 atom stereocenters. The first-order valence-electron chi connectivity index (χ1n) is 9.66. The lowest BCUT2D eigenvalue weighted by Gasteiger charge is -2.18. The minimum atomic E-state index is -0.325. The molecule has 0 fully saturated rings. The molecule has 1 N–H and O–H groups in total. The summed E-state index contributed by atoms with van der Waals surface area (Å²) in [5.41, 5.74) is 2.84. The normalized spacial score (nSPS) is 14.8. The number of anilines is 1. The summed E-state index contributed by atoms with van der Waals surface area (Å²) in [6.45, 7) is 0.723. The molecule has 0 saturated carbocycles. The Morgan fingerprint density at radius 2 is 1.59 bits per heavy atom. The van der Waals surface area contributed by atoms with Crippen molar-refractivity contribution in [3.8, 4) is 0 Å². The van der Waals surface area contributed by atoms with E-state index in [-0.39, 0.29) is 43.1 Å². The molecule has 4 amide bonds. The molecule has 0 aromatic heterocycles. The summed E-state index contributed by atoms with van der Waals surface area (Å²) >= 11 is 0. The van der Waals surface area contributed by atoms with E-state index in [0.29, 0.717) is 24.1 Å². The first kappa shape index (κ1) is 18.9. The van der Waals surface area contributed by atoms with Gasteiger partial charge in [-0.3, -0.25) is 24.1 Å². The van der Waals surface area contributed by atoms with Crippen LogP contribution in [0.25, 0.3) is 0 Å². The standard InChI is InChI=1S/C22H21N3O4/c26-19(23-14-20(27)24-13-11-15-6-1-4-9-18(15)24)10-5-12-25-21(28)16-7-2-3-8-17(16)22(25)29/h1-4,6-9H,5,10-14H2,(H,23,26). The average Bonchev–Trinajstić information content (AvgIpc) is 3.27. The van der Waals surface area contributed by atoms with Gasteiger partial charge in [0.05, 0.1) is 17.7 Å². The number of para-hydroxylation sites is 1. The molecule has 7 heteroatoms. The summed E-state index contributed by atoms with van der Waals surface area (Å²) in [6, 6.07) is 14.4. The van der Waals surface area contributed by atoms with Crippen LogP contribution in [0, 0.1) is 0 Å². The van der Waals surface area contributed by atoms with E-state index >= 15 is 0 Å². The number of nitrogens with zero attached hydrogens (tertiary/aromatic N) is 2. The molecule has 2 aliphatic heterocycles. The van der Waals surface area contributed by atoms with Crippen LogP contribution in [-0.2, 0) is 16.0 Å². The van der Waals surface area contributed by atoms with Gasteiger partial charge in [-0.2, -0.15) is 0 Å². The number of imide groups is 1. The molecule has 29 heavy (non-hydrogen) atoms. The highest BCUT2D eigenvalue weighted by molar-refractivity contribution is 6.21. The Kier molecular flexibility index (Phi) is 5.12. The monoisotopic (exact) mass is 391 g/mol. The molecule has 0 saturated heterocycles. The molecule has 0 aliphatic carbocycles. The molecule has 148 valence electrons. The smallest absolute Gasteiger partial charge is 0.261 e. The fourth-order valence-electron chi connectivity index (χ4n) is 3.80. The van der Waals surface area contributed by atoms with Gasteiger partial charge in [0.1, 0.15) is 0 Å². The predicted octanol–water partition coefficient (Wildman–Crippen LogP) is 1.77. The molecule has 7 nitrogen and oxygen atoms in total. The van der Waals surface area contributed by atoms with Crippen molar-refractivity contribution in [3.63, 3.8) is 0 Å². The maximum absolute atomic E-state index is 12.4. The third-order valence-corrected chi connectivity index (χ3v) is 5.29. The molecule has 4 rings (SSSR count). The van der Waals surface area contributed by atoms with Gasteiger partial charge in [0.2, 0.25) is 11.8 Å². The number of carbonyl (C=O) groups excluding carboxylic acids is 4. The van der Waals surface area contributed by atoms with Crippen LogP contribution in [0.4, 0.5) is 5.69 Å². The maximum Gasteiger partial charge on any atom is 0.261 e. The molecule has 2 heterocycles. The van der Waals surface area contributed by atoms with Gasteiger partial charge in [0.15, 0.2) is 0 Å². The average molecular weight is 391 g/mol. The van der Waals surface area contributed by atoms with Crippen molar-refractivity contribution in [2.45, 2.75) is 19.3 Å². The Bertz CT molecular complexity index is 966. The zero-order valence-electron chi connectivity index (χ0n) is 15.9. The van der Waals surface area contributed by atoms with Crippen molar-refractivity contribution in [1.29, 1.82) is 0 Å². The van der Waals surface area contributed by atoms with E-state index in [4.69, 9.17) is 0 Å². The Hall–Kier alpha value is -3.48. The molecule has 0 radical (unpaired) electrons. The highest BCUT2D eigenvalue weighted by Gasteiger charge is 2.34. The van der Waals surface area contributed by atoms with E-state index in [1.165, 1.54) is 4.90 Å². The van der Waals surface area contributed by atoms with Crippen molar-refractivity contribution < 1.29 is 19.2 Å². The summed E-state index contributed by atoms with van der Waals surface area (Å²) in [5, 5.41) is 2.64. The van der Waals surface area contributed by atoms with Crippen molar-refractivity contribution in [3.05, 3.63) is 65.2 Å². The number of benzene rings is 2. The molecule has 2 aromatic carbocycles. The van der Waals surface area contributed by atoms with Crippen LogP contribution in [0.1, 0.15) is 39.1 Å². The minimum Gasteiger partial charge on any atom is -0.347 e. The second-order valence-corrected chi connectivity index (χ2v) is 7.11. The zero-order valence-corrected chi connectivity index (χ0v) is 15.9. The van der Waals surface area contributed by atoms with E-state index in [9.17, 15) is 19.2 Å². The summed E-state index contributed by atoms with van der Waals surface area (Å²) < 4.78 is 0. The fraction of sp³-hybridized carbons (Fsp3) is 0.273. The molecular formula is C22H21N3O4. The van der Waals surface area contributed by atoms with E-state index < -0.39 is 0 Å². The minimum absolute atomic E-state index is 0.0693. The molecule has 2 aromatic rings. The van der Waals surface area contributed by atoms with Crippen molar-refractivity contribution in [2.75, 3.05) is 24.5 Å². The number of carbonyl (C=O) groups is 4. The van der Waals surface area contributed by atoms with Gasteiger partial charge in [-0.25, -0.2) is 0 Å². The van der Waals surface area contributed by atoms with Gasteiger partial charge in [0, 0.05) is 25.2 Å². The largest absolute Gasteiger partial charge is 0.347 e. The summed E-state index contributed by atoms with van der Waals surface area (Å²) in [7, 11) is 0. The molecular weight excluding hydrogens is 370 g/mol. The highest BCUT2D eigenvalue weighted by atomic mass is 16.2. The number of hydrogen-bond acceptors (Lipinski definition) is 4. The second-order valence-electron chi connectivity index (χ2n) is 7.11. The molecule has 2 aliphatic rings. The molecule has 0 bridgehead atoms. The van der Waals surface area contributed by atoms with E-state index in [0.717, 1.165) is 17.7 Å². The first-order chi connectivity index (χ1) is 14.1. The summed E-state index contributed by atoms with van der Waals surface area (Å²) in [6.07, 6.45) is 1.30.